The van der Waals surface area contributed by atoms with Crippen molar-refractivity contribution in [3.63, 3.8) is 0 Å². The predicted octanol–water partition coefficient (Wildman–Crippen LogP) is 12.0. The van der Waals surface area contributed by atoms with Crippen molar-refractivity contribution in [2.24, 2.45) is 0 Å². The van der Waals surface area contributed by atoms with Crippen molar-refractivity contribution < 1.29 is 0 Å². The first kappa shape index (κ1) is 27.7. The smallest absolute Gasteiger partial charge is 0.138 e. The molecule has 6 aromatic carbocycles. The van der Waals surface area contributed by atoms with E-state index in [2.05, 4.69) is 173 Å². The van der Waals surface area contributed by atoms with Crippen LogP contribution in [0.5, 0.6) is 0 Å². The van der Waals surface area contributed by atoms with Crippen molar-refractivity contribution in [2.75, 3.05) is 4.90 Å². The summed E-state index contributed by atoms with van der Waals surface area (Å²) in [6.45, 7) is 0. The fraction of sp³-hybridized carbons (Fsp3) is 0.0851. The Labute approximate surface area is 290 Å². The van der Waals surface area contributed by atoms with E-state index in [1.54, 1.807) is 0 Å². The van der Waals surface area contributed by atoms with E-state index < -0.39 is 0 Å². The second-order valence-corrected chi connectivity index (χ2v) is 13.8. The third-order valence-electron chi connectivity index (χ3n) is 11.2. The molecule has 236 valence electrons. The monoisotopic (exact) mass is 639 g/mol. The van der Waals surface area contributed by atoms with Crippen LogP contribution in [0.4, 0.5) is 11.4 Å². The molecule has 3 aliphatic rings. The molecule has 0 radical (unpaired) electrons. The average molecular weight is 640 g/mol. The van der Waals surface area contributed by atoms with Crippen LogP contribution in [-0.2, 0) is 0 Å². The van der Waals surface area contributed by atoms with Crippen LogP contribution in [0.1, 0.15) is 24.3 Å². The van der Waals surface area contributed by atoms with Crippen molar-refractivity contribution in [1.82, 2.24) is 9.55 Å². The van der Waals surface area contributed by atoms with Crippen LogP contribution in [0.15, 0.2) is 175 Å². The quantitative estimate of drug-likeness (QED) is 0.192. The molecule has 0 bridgehead atoms. The largest absolute Gasteiger partial charge is 0.333 e. The summed E-state index contributed by atoms with van der Waals surface area (Å²) in [5.41, 5.74) is 12.6. The number of rotatable bonds is 3. The van der Waals surface area contributed by atoms with Gasteiger partial charge in [0.05, 0.1) is 22.6 Å². The first-order chi connectivity index (χ1) is 24.8. The van der Waals surface area contributed by atoms with Gasteiger partial charge in [-0.25, -0.2) is 4.98 Å². The van der Waals surface area contributed by atoms with E-state index >= 15 is 0 Å². The van der Waals surface area contributed by atoms with E-state index in [4.69, 9.17) is 4.98 Å². The molecule has 0 fully saturated rings. The van der Waals surface area contributed by atoms with E-state index in [0.29, 0.717) is 5.92 Å². The third kappa shape index (κ3) is 3.95. The summed E-state index contributed by atoms with van der Waals surface area (Å²) in [7, 11) is 0. The number of hydrogen-bond acceptors (Lipinski definition) is 2. The van der Waals surface area contributed by atoms with Crippen LogP contribution in [-0.4, -0.2) is 15.6 Å². The number of hydrogen-bond donors (Lipinski definition) is 0. The van der Waals surface area contributed by atoms with Gasteiger partial charge in [0.15, 0.2) is 0 Å². The highest BCUT2D eigenvalue weighted by Gasteiger charge is 2.43. The van der Waals surface area contributed by atoms with Crippen LogP contribution in [0.2, 0.25) is 0 Å². The van der Waals surface area contributed by atoms with Crippen LogP contribution in [0.25, 0.3) is 60.4 Å². The number of nitrogens with zero attached hydrogens (tertiary/aromatic N) is 3. The highest BCUT2D eigenvalue weighted by atomic mass is 15.2. The molecule has 3 heterocycles. The molecule has 2 aliphatic carbocycles. The lowest BCUT2D eigenvalue weighted by Gasteiger charge is -2.33. The Balaban J connectivity index is 1.14. The number of anilines is 2. The lowest BCUT2D eigenvalue weighted by molar-refractivity contribution is 0.704. The molecule has 11 rings (SSSR count). The zero-order valence-electron chi connectivity index (χ0n) is 27.5. The van der Waals surface area contributed by atoms with Gasteiger partial charge in [0.1, 0.15) is 5.82 Å². The Morgan fingerprint density at radius 1 is 0.620 bits per heavy atom. The van der Waals surface area contributed by atoms with Gasteiger partial charge >= 0.3 is 0 Å². The molecule has 0 N–H and O–H groups in total. The number of aromatic nitrogens is 2. The van der Waals surface area contributed by atoms with E-state index in [1.165, 1.54) is 60.8 Å². The molecule has 2 unspecified atom stereocenters. The molecule has 1 aliphatic heterocycles. The Morgan fingerprint density at radius 3 is 2.32 bits per heavy atom. The molecule has 8 aromatic rings. The fourth-order valence-corrected chi connectivity index (χ4v) is 9.04. The Morgan fingerprint density at radius 2 is 1.40 bits per heavy atom. The fourth-order valence-electron chi connectivity index (χ4n) is 9.04. The zero-order valence-corrected chi connectivity index (χ0v) is 27.5. The minimum Gasteiger partial charge on any atom is -0.333 e. The number of para-hydroxylation sites is 2. The maximum absolute atomic E-state index is 5.29. The predicted molar refractivity (Wildman–Crippen MR) is 209 cm³/mol. The van der Waals surface area contributed by atoms with Crippen molar-refractivity contribution >= 4 is 54.9 Å². The summed E-state index contributed by atoms with van der Waals surface area (Å²) in [5, 5.41) is 6.29. The number of allylic oxidation sites excluding steroid dienone is 4. The topological polar surface area (TPSA) is 21.1 Å². The van der Waals surface area contributed by atoms with Crippen LogP contribution in [0.3, 0.4) is 0 Å². The molecule has 0 amide bonds. The Bertz CT molecular complexity index is 2780. The zero-order chi connectivity index (χ0) is 32.8. The molecule has 0 saturated carbocycles. The van der Waals surface area contributed by atoms with Gasteiger partial charge in [-0.15, -0.1) is 0 Å². The average Bonchev–Trinajstić information content (AvgIpc) is 3.71. The van der Waals surface area contributed by atoms with Gasteiger partial charge < -0.3 is 4.90 Å². The van der Waals surface area contributed by atoms with Crippen LogP contribution < -0.4 is 4.90 Å². The van der Waals surface area contributed by atoms with Gasteiger partial charge in [0, 0.05) is 33.5 Å². The summed E-state index contributed by atoms with van der Waals surface area (Å²) in [5.74, 6) is 1.22. The van der Waals surface area contributed by atoms with Gasteiger partial charge in [-0.05, 0) is 93.9 Å². The molecule has 50 heavy (non-hydrogen) atoms. The first-order valence-corrected chi connectivity index (χ1v) is 17.7. The van der Waals surface area contributed by atoms with E-state index in [0.717, 1.165) is 40.6 Å². The van der Waals surface area contributed by atoms with Crippen LogP contribution in [0, 0.1) is 0 Å². The van der Waals surface area contributed by atoms with Crippen molar-refractivity contribution in [3.05, 3.63) is 181 Å². The van der Waals surface area contributed by atoms with Crippen molar-refractivity contribution in [3.8, 4) is 16.9 Å². The molecular weight excluding hydrogens is 607 g/mol. The van der Waals surface area contributed by atoms with E-state index in [9.17, 15) is 0 Å². The molecule has 0 spiro atoms. The van der Waals surface area contributed by atoms with E-state index in [-0.39, 0.29) is 6.04 Å². The minimum atomic E-state index is 0.207. The molecule has 0 saturated heterocycles. The standard InChI is InChI=1S/C47H33N3/c1-2-12-30(13-3-1)38-29-45(48-40-20-10-8-18-36(38)40)50-41-21-11-9-19-37(41)39-28-33(24-27-42(39)50)49-43-25-22-31-14-4-6-16-34(31)46(43)47-35-17-7-5-15-32(35)23-26-44(47)49/h1-4,6-14,16-29,44,47H,5,15H2. The van der Waals surface area contributed by atoms with Crippen molar-refractivity contribution in [2.45, 2.75) is 24.8 Å². The summed E-state index contributed by atoms with van der Waals surface area (Å²) in [6.07, 6.45) is 11.9. The Kier molecular flexibility index (Phi) is 5.91. The normalized spacial score (nSPS) is 18.0. The number of pyridine rings is 1. The molecule has 3 heteroatoms. The van der Waals surface area contributed by atoms with Gasteiger partial charge in [-0.2, -0.15) is 0 Å². The molecular formula is C47H33N3. The summed E-state index contributed by atoms with van der Waals surface area (Å²) in [6, 6.07) is 51.1. The van der Waals surface area contributed by atoms with Crippen molar-refractivity contribution in [1.29, 1.82) is 0 Å². The summed E-state index contributed by atoms with van der Waals surface area (Å²) < 4.78 is 2.35. The maximum atomic E-state index is 5.29. The van der Waals surface area contributed by atoms with Gasteiger partial charge in [-0.3, -0.25) is 4.57 Å². The molecule has 2 aromatic heterocycles. The van der Waals surface area contributed by atoms with Crippen LogP contribution >= 0.6 is 0 Å². The molecule has 3 nitrogen and oxygen atoms in total. The highest BCUT2D eigenvalue weighted by molar-refractivity contribution is 6.11. The second kappa shape index (κ2) is 10.7. The van der Waals surface area contributed by atoms with Gasteiger partial charge in [0.25, 0.3) is 0 Å². The number of fused-ring (bicyclic) bond motifs is 10. The van der Waals surface area contributed by atoms with E-state index in [1.807, 2.05) is 0 Å². The lowest BCUT2D eigenvalue weighted by Crippen LogP contribution is -2.31. The third-order valence-corrected chi connectivity index (χ3v) is 11.2. The van der Waals surface area contributed by atoms with Gasteiger partial charge in [-0.1, -0.05) is 121 Å². The number of benzene rings is 6. The lowest BCUT2D eigenvalue weighted by atomic mass is 9.77. The first-order valence-electron chi connectivity index (χ1n) is 17.7. The minimum absolute atomic E-state index is 0.207. The van der Waals surface area contributed by atoms with Gasteiger partial charge in [0.2, 0.25) is 0 Å². The second-order valence-electron chi connectivity index (χ2n) is 13.8. The summed E-state index contributed by atoms with van der Waals surface area (Å²) >= 11 is 0. The SMILES string of the molecule is C1=CC2=C(C=CC3C2c2c(ccc4ccccc24)N3c2ccc3c(c2)c2ccccc2n3-c2cc(-c3ccccc3)c3ccccc3n2)CC1. The summed E-state index contributed by atoms with van der Waals surface area (Å²) in [4.78, 5) is 7.89. The maximum Gasteiger partial charge on any atom is 0.138 e. The highest BCUT2D eigenvalue weighted by Crippen LogP contribution is 2.55. The Hall–Kier alpha value is -6.19. The molecule has 2 atom stereocenters.